The molecule has 0 spiro atoms. The summed E-state index contributed by atoms with van der Waals surface area (Å²) >= 11 is 0. The Morgan fingerprint density at radius 2 is 1.76 bits per heavy atom. The Hall–Kier alpha value is -0.900. The Balaban J connectivity index is 0.00000312. The van der Waals surface area contributed by atoms with Crippen LogP contribution in [0.5, 0.6) is 0 Å². The third kappa shape index (κ3) is 7.89. The Morgan fingerprint density at radius 3 is 2.40 bits per heavy atom. The summed E-state index contributed by atoms with van der Waals surface area (Å²) in [5.41, 5.74) is 0.159. The van der Waals surface area contributed by atoms with Gasteiger partial charge in [-0.05, 0) is 52.6 Å². The van der Waals surface area contributed by atoms with E-state index in [4.69, 9.17) is 0 Å². The number of unbranched alkanes of at least 4 members (excludes halogenated alkanes) is 1. The molecule has 1 aliphatic rings. The van der Waals surface area contributed by atoms with Crippen LogP contribution in [0.15, 0.2) is 17.6 Å². The van der Waals surface area contributed by atoms with E-state index < -0.39 is 0 Å². The van der Waals surface area contributed by atoms with Crippen LogP contribution in [0.1, 0.15) is 46.0 Å². The first-order valence-corrected chi connectivity index (χ1v) is 9.14. The lowest BCUT2D eigenvalue weighted by Crippen LogP contribution is -2.54. The third-order valence-electron chi connectivity index (χ3n) is 4.73. The van der Waals surface area contributed by atoms with E-state index in [1.165, 1.54) is 32.4 Å². The van der Waals surface area contributed by atoms with E-state index in [0.717, 1.165) is 38.4 Å². The van der Waals surface area contributed by atoms with Crippen LogP contribution >= 0.6 is 24.0 Å². The maximum Gasteiger partial charge on any atom is 0.191 e. The molecule has 0 atom stereocenters. The average molecular weight is 463 g/mol. The molecule has 2 N–H and O–H groups in total. The number of aryl methyl sites for hydroxylation is 1. The summed E-state index contributed by atoms with van der Waals surface area (Å²) < 4.78 is 2.01. The number of rotatable bonds is 8. The van der Waals surface area contributed by atoms with E-state index in [2.05, 4.69) is 44.6 Å². The monoisotopic (exact) mass is 463 g/mol. The van der Waals surface area contributed by atoms with Crippen molar-refractivity contribution in [3.63, 3.8) is 0 Å². The van der Waals surface area contributed by atoms with E-state index >= 15 is 0 Å². The molecule has 0 radical (unpaired) electrons. The number of hydrogen-bond donors (Lipinski definition) is 2. The highest BCUT2D eigenvalue weighted by Crippen LogP contribution is 2.19. The van der Waals surface area contributed by atoms with Crippen molar-refractivity contribution in [2.24, 2.45) is 4.99 Å². The fourth-order valence-corrected chi connectivity index (χ4v) is 3.10. The van der Waals surface area contributed by atoms with E-state index in [1.807, 2.05) is 11.6 Å². The number of piperidine rings is 1. The van der Waals surface area contributed by atoms with Gasteiger partial charge in [-0.15, -0.1) is 34.2 Å². The maximum absolute atomic E-state index is 4.33. The number of hydrogen-bond acceptors (Lipinski definition) is 4. The van der Waals surface area contributed by atoms with Gasteiger partial charge in [0.2, 0.25) is 0 Å². The predicted molar refractivity (Wildman–Crippen MR) is 114 cm³/mol. The number of aromatic nitrogens is 3. The normalized spacial score (nSPS) is 16.4. The quantitative estimate of drug-likeness (QED) is 0.268. The summed E-state index contributed by atoms with van der Waals surface area (Å²) in [7, 11) is 1.83. The molecule has 0 bridgehead atoms. The molecule has 2 heterocycles. The van der Waals surface area contributed by atoms with Gasteiger partial charge in [-0.1, -0.05) is 6.42 Å². The van der Waals surface area contributed by atoms with Gasteiger partial charge >= 0.3 is 0 Å². The molecule has 0 saturated carbocycles. The molecule has 0 aliphatic carbocycles. The van der Waals surface area contributed by atoms with Crippen LogP contribution in [0.2, 0.25) is 0 Å². The molecule has 0 unspecified atom stereocenters. The molecule has 7 nitrogen and oxygen atoms in total. The molecule has 25 heavy (non-hydrogen) atoms. The van der Waals surface area contributed by atoms with Crippen molar-refractivity contribution in [1.29, 1.82) is 0 Å². The number of aliphatic imine (C=N–C) groups is 1. The lowest BCUT2D eigenvalue weighted by Gasteiger charge is -2.41. The SMILES string of the molecule is CN=C(NCCCCn1cnnc1)NCC(C)(C)N1CCCCC1.I. The molecule has 1 saturated heterocycles. The molecule has 144 valence electrons. The molecule has 1 fully saturated rings. The van der Waals surface area contributed by atoms with Gasteiger partial charge in [-0.2, -0.15) is 0 Å². The first-order chi connectivity index (χ1) is 11.6. The van der Waals surface area contributed by atoms with Gasteiger partial charge in [0.15, 0.2) is 5.96 Å². The van der Waals surface area contributed by atoms with Crippen LogP contribution in [0.3, 0.4) is 0 Å². The molecule has 1 aromatic rings. The minimum absolute atomic E-state index is 0. The van der Waals surface area contributed by atoms with Crippen molar-refractivity contribution in [3.05, 3.63) is 12.7 Å². The summed E-state index contributed by atoms with van der Waals surface area (Å²) in [6.07, 6.45) is 9.73. The van der Waals surface area contributed by atoms with Crippen molar-refractivity contribution in [3.8, 4) is 0 Å². The minimum Gasteiger partial charge on any atom is -0.356 e. The highest BCUT2D eigenvalue weighted by Gasteiger charge is 2.27. The standard InChI is InChI=1S/C17H33N7.HI/c1-17(2,24-11-6-4-7-12-24)13-20-16(18-3)19-9-5-8-10-23-14-21-22-15-23;/h14-15H,4-13H2,1-3H3,(H2,18,19,20);1H. The minimum atomic E-state index is 0. The summed E-state index contributed by atoms with van der Waals surface area (Å²) in [5, 5.41) is 14.5. The first kappa shape index (κ1) is 22.1. The van der Waals surface area contributed by atoms with Crippen molar-refractivity contribution in [1.82, 2.24) is 30.3 Å². The van der Waals surface area contributed by atoms with Gasteiger partial charge in [-0.25, -0.2) is 0 Å². The van der Waals surface area contributed by atoms with Crippen LogP contribution < -0.4 is 10.6 Å². The second-order valence-electron chi connectivity index (χ2n) is 7.12. The number of nitrogens with one attached hydrogen (secondary N) is 2. The zero-order valence-corrected chi connectivity index (χ0v) is 18.2. The molecule has 0 amide bonds. The Labute approximate surface area is 169 Å². The molecule has 1 aliphatic heterocycles. The average Bonchev–Trinajstić information content (AvgIpc) is 3.11. The van der Waals surface area contributed by atoms with Gasteiger partial charge in [0.05, 0.1) is 0 Å². The third-order valence-corrected chi connectivity index (χ3v) is 4.73. The van der Waals surface area contributed by atoms with E-state index in [1.54, 1.807) is 12.7 Å². The summed E-state index contributed by atoms with van der Waals surface area (Å²) in [4.78, 5) is 6.93. The Bertz CT molecular complexity index is 481. The first-order valence-electron chi connectivity index (χ1n) is 9.14. The Kier molecular flexibility index (Phi) is 10.3. The maximum atomic E-state index is 4.33. The van der Waals surface area contributed by atoms with E-state index in [0.29, 0.717) is 0 Å². The van der Waals surface area contributed by atoms with Gasteiger partial charge in [0, 0.05) is 32.2 Å². The van der Waals surface area contributed by atoms with Crippen molar-refractivity contribution < 1.29 is 0 Å². The van der Waals surface area contributed by atoms with Crippen molar-refractivity contribution in [2.45, 2.75) is 58.0 Å². The largest absolute Gasteiger partial charge is 0.356 e. The summed E-state index contributed by atoms with van der Waals surface area (Å²) in [5.74, 6) is 0.893. The summed E-state index contributed by atoms with van der Waals surface area (Å²) in [6, 6.07) is 0. The molecule has 8 heteroatoms. The second kappa shape index (κ2) is 11.7. The zero-order valence-electron chi connectivity index (χ0n) is 15.9. The molecule has 1 aromatic heterocycles. The van der Waals surface area contributed by atoms with Crippen molar-refractivity contribution >= 4 is 29.9 Å². The number of likely N-dealkylation sites (tertiary alicyclic amines) is 1. The van der Waals surface area contributed by atoms with Gasteiger partial charge < -0.3 is 15.2 Å². The van der Waals surface area contributed by atoms with Crippen LogP contribution in [0.4, 0.5) is 0 Å². The van der Waals surface area contributed by atoms with Gasteiger partial charge in [0.1, 0.15) is 12.7 Å². The van der Waals surface area contributed by atoms with Crippen LogP contribution in [0.25, 0.3) is 0 Å². The lowest BCUT2D eigenvalue weighted by atomic mass is 9.98. The molecule has 0 aromatic carbocycles. The van der Waals surface area contributed by atoms with E-state index in [9.17, 15) is 0 Å². The highest BCUT2D eigenvalue weighted by atomic mass is 127. The molecular formula is C17H34IN7. The highest BCUT2D eigenvalue weighted by molar-refractivity contribution is 14.0. The van der Waals surface area contributed by atoms with Gasteiger partial charge in [0.25, 0.3) is 0 Å². The number of guanidine groups is 1. The smallest absolute Gasteiger partial charge is 0.191 e. The summed E-state index contributed by atoms with van der Waals surface area (Å²) in [6.45, 7) is 9.85. The number of nitrogens with zero attached hydrogens (tertiary/aromatic N) is 5. The lowest BCUT2D eigenvalue weighted by molar-refractivity contribution is 0.0982. The van der Waals surface area contributed by atoms with Crippen LogP contribution in [-0.2, 0) is 6.54 Å². The topological polar surface area (TPSA) is 70.4 Å². The Morgan fingerprint density at radius 1 is 1.08 bits per heavy atom. The van der Waals surface area contributed by atoms with E-state index in [-0.39, 0.29) is 29.5 Å². The van der Waals surface area contributed by atoms with Crippen molar-refractivity contribution in [2.75, 3.05) is 33.2 Å². The fraction of sp³-hybridized carbons (Fsp3) is 0.824. The van der Waals surface area contributed by atoms with Crippen LogP contribution in [-0.4, -0.2) is 64.4 Å². The number of halogens is 1. The molecule has 2 rings (SSSR count). The van der Waals surface area contributed by atoms with Crippen LogP contribution in [0, 0.1) is 0 Å². The molecular weight excluding hydrogens is 429 g/mol. The zero-order chi connectivity index (χ0) is 17.3. The van der Waals surface area contributed by atoms with Gasteiger partial charge in [-0.3, -0.25) is 9.89 Å². The fourth-order valence-electron chi connectivity index (χ4n) is 3.10. The second-order valence-corrected chi connectivity index (χ2v) is 7.12. The predicted octanol–water partition coefficient (Wildman–Crippen LogP) is 2.11.